The highest BCUT2D eigenvalue weighted by atomic mass is 19.1. The van der Waals surface area contributed by atoms with Crippen molar-refractivity contribution in [2.24, 2.45) is 0 Å². The number of nitrogens with zero attached hydrogens (tertiary/aromatic N) is 5. The van der Waals surface area contributed by atoms with Crippen molar-refractivity contribution in [2.45, 2.75) is 25.0 Å². The van der Waals surface area contributed by atoms with Gasteiger partial charge in [0.05, 0.1) is 6.54 Å². The molecule has 0 fully saturated rings. The van der Waals surface area contributed by atoms with Gasteiger partial charge in [0.25, 0.3) is 0 Å². The van der Waals surface area contributed by atoms with Crippen molar-refractivity contribution in [3.05, 3.63) is 72.3 Å². The summed E-state index contributed by atoms with van der Waals surface area (Å²) in [5.41, 5.74) is -1.22. The lowest BCUT2D eigenvalue weighted by atomic mass is 9.80. The molecule has 3 aromatic rings. The third-order valence-corrected chi connectivity index (χ3v) is 4.03. The zero-order valence-electron chi connectivity index (χ0n) is 12.8. The molecule has 1 aromatic carbocycles. The van der Waals surface area contributed by atoms with E-state index in [0.29, 0.717) is 5.69 Å². The van der Waals surface area contributed by atoms with Crippen molar-refractivity contribution >= 4 is 0 Å². The molecule has 0 spiro atoms. The Morgan fingerprint density at radius 2 is 2.04 bits per heavy atom. The smallest absolute Gasteiger partial charge is 0.137 e. The van der Waals surface area contributed by atoms with Gasteiger partial charge in [0.15, 0.2) is 0 Å². The molecule has 0 bridgehead atoms. The molecule has 0 aliphatic carbocycles. The van der Waals surface area contributed by atoms with E-state index in [9.17, 15) is 13.9 Å². The van der Waals surface area contributed by atoms with E-state index in [1.54, 1.807) is 13.0 Å². The highest BCUT2D eigenvalue weighted by Gasteiger charge is 2.40. The minimum Gasteiger partial charge on any atom is -0.382 e. The predicted molar refractivity (Wildman–Crippen MR) is 80.7 cm³/mol. The Morgan fingerprint density at radius 1 is 1.21 bits per heavy atom. The molecular weight excluding hydrogens is 316 g/mol. The molecule has 1 N–H and O–H groups in total. The van der Waals surface area contributed by atoms with E-state index in [0.717, 1.165) is 12.1 Å². The van der Waals surface area contributed by atoms with Gasteiger partial charge in [-0.1, -0.05) is 13.0 Å². The summed E-state index contributed by atoms with van der Waals surface area (Å²) in [5, 5.41) is 15.3. The van der Waals surface area contributed by atoms with Gasteiger partial charge in [0.1, 0.15) is 36.2 Å². The zero-order chi connectivity index (χ0) is 17.2. The first-order chi connectivity index (χ1) is 11.5. The van der Waals surface area contributed by atoms with Crippen molar-refractivity contribution in [2.75, 3.05) is 0 Å². The first-order valence-corrected chi connectivity index (χ1v) is 7.27. The van der Waals surface area contributed by atoms with Crippen LogP contribution in [0, 0.1) is 11.6 Å². The van der Waals surface area contributed by atoms with E-state index in [1.807, 2.05) is 0 Å². The van der Waals surface area contributed by atoms with Gasteiger partial charge in [-0.2, -0.15) is 5.10 Å². The van der Waals surface area contributed by atoms with Crippen LogP contribution in [0.25, 0.3) is 0 Å². The second kappa shape index (κ2) is 6.40. The van der Waals surface area contributed by atoms with Crippen molar-refractivity contribution in [1.82, 2.24) is 24.7 Å². The highest BCUT2D eigenvalue weighted by Crippen LogP contribution is 2.38. The molecule has 3 rings (SSSR count). The summed E-state index contributed by atoms with van der Waals surface area (Å²) in [4.78, 5) is 11.8. The van der Waals surface area contributed by atoms with Crippen LogP contribution in [0.1, 0.15) is 24.1 Å². The van der Waals surface area contributed by atoms with E-state index >= 15 is 0 Å². The number of aromatic nitrogens is 5. The second-order valence-corrected chi connectivity index (χ2v) is 5.50. The van der Waals surface area contributed by atoms with Crippen molar-refractivity contribution < 1.29 is 13.9 Å². The van der Waals surface area contributed by atoms with E-state index in [4.69, 9.17) is 0 Å². The Labute approximate surface area is 136 Å². The molecular formula is C16H15F2N5O. The van der Waals surface area contributed by atoms with E-state index in [1.165, 1.54) is 35.9 Å². The van der Waals surface area contributed by atoms with Crippen LogP contribution in [0.3, 0.4) is 0 Å². The first kappa shape index (κ1) is 16.1. The molecule has 0 radical (unpaired) electrons. The van der Waals surface area contributed by atoms with Gasteiger partial charge in [-0.3, -0.25) is 0 Å². The summed E-state index contributed by atoms with van der Waals surface area (Å²) >= 11 is 0. The summed E-state index contributed by atoms with van der Waals surface area (Å²) in [6.07, 6.45) is 5.62. The van der Waals surface area contributed by atoms with Gasteiger partial charge in [-0.15, -0.1) is 0 Å². The molecule has 2 heterocycles. The van der Waals surface area contributed by atoms with Gasteiger partial charge in [0.2, 0.25) is 0 Å². The molecule has 0 amide bonds. The van der Waals surface area contributed by atoms with Gasteiger partial charge in [-0.25, -0.2) is 28.4 Å². The second-order valence-electron chi connectivity index (χ2n) is 5.50. The molecule has 0 saturated carbocycles. The van der Waals surface area contributed by atoms with Crippen LogP contribution < -0.4 is 0 Å². The fourth-order valence-corrected chi connectivity index (χ4v) is 2.66. The van der Waals surface area contributed by atoms with Gasteiger partial charge >= 0.3 is 0 Å². The number of halogens is 2. The van der Waals surface area contributed by atoms with Crippen LogP contribution >= 0.6 is 0 Å². The Kier molecular flexibility index (Phi) is 4.30. The van der Waals surface area contributed by atoms with E-state index < -0.39 is 23.2 Å². The first-order valence-electron chi connectivity index (χ1n) is 7.27. The SMILES string of the molecule is C[C@H](c1ccncn1)[C@@](O)(Cn1cncn1)c1ccc(F)cc1F. The molecule has 0 aliphatic heterocycles. The molecule has 8 heteroatoms. The van der Waals surface area contributed by atoms with Crippen LogP contribution in [0.2, 0.25) is 0 Å². The normalized spacial score (nSPS) is 15.0. The summed E-state index contributed by atoms with van der Waals surface area (Å²) in [6.45, 7) is 1.64. The van der Waals surface area contributed by atoms with Crippen LogP contribution in [0.15, 0.2) is 49.4 Å². The summed E-state index contributed by atoms with van der Waals surface area (Å²) < 4.78 is 29.0. The summed E-state index contributed by atoms with van der Waals surface area (Å²) in [7, 11) is 0. The average molecular weight is 331 g/mol. The maximum absolute atomic E-state index is 14.4. The molecule has 6 nitrogen and oxygen atoms in total. The minimum absolute atomic E-state index is 0.0366. The van der Waals surface area contributed by atoms with Crippen LogP contribution in [-0.4, -0.2) is 29.8 Å². The maximum atomic E-state index is 14.4. The number of rotatable bonds is 5. The Morgan fingerprint density at radius 3 is 2.67 bits per heavy atom. The van der Waals surface area contributed by atoms with Crippen molar-refractivity contribution in [1.29, 1.82) is 0 Å². The molecule has 2 atom stereocenters. The molecule has 124 valence electrons. The molecule has 0 aliphatic rings. The lowest BCUT2D eigenvalue weighted by molar-refractivity contribution is -0.0123. The zero-order valence-corrected chi connectivity index (χ0v) is 12.8. The largest absolute Gasteiger partial charge is 0.382 e. The van der Waals surface area contributed by atoms with Crippen molar-refractivity contribution in [3.8, 4) is 0 Å². The third kappa shape index (κ3) is 3.00. The molecule has 2 aromatic heterocycles. The lowest BCUT2D eigenvalue weighted by Crippen LogP contribution is -2.38. The number of benzene rings is 1. The lowest BCUT2D eigenvalue weighted by Gasteiger charge is -2.34. The monoisotopic (exact) mass is 331 g/mol. The standard InChI is InChI=1S/C16H15F2N5O/c1-11(15-4-5-19-8-21-15)16(24,7-23-10-20-9-22-23)13-3-2-12(17)6-14(13)18/h2-6,8-11,24H,7H2,1H3/t11-,16+/m1/s1. The average Bonchev–Trinajstić information content (AvgIpc) is 3.07. The van der Waals surface area contributed by atoms with Crippen LogP contribution in [-0.2, 0) is 12.1 Å². The van der Waals surface area contributed by atoms with Crippen LogP contribution in [0.4, 0.5) is 8.78 Å². The van der Waals surface area contributed by atoms with Gasteiger partial charge in [-0.05, 0) is 12.1 Å². The Hall–Kier alpha value is -2.74. The molecule has 0 saturated heterocycles. The highest BCUT2D eigenvalue weighted by molar-refractivity contribution is 5.29. The fourth-order valence-electron chi connectivity index (χ4n) is 2.66. The maximum Gasteiger partial charge on any atom is 0.137 e. The number of hydrogen-bond donors (Lipinski definition) is 1. The predicted octanol–water partition coefficient (Wildman–Crippen LogP) is 2.04. The molecule has 24 heavy (non-hydrogen) atoms. The van der Waals surface area contributed by atoms with E-state index in [2.05, 4.69) is 20.1 Å². The Balaban J connectivity index is 2.09. The van der Waals surface area contributed by atoms with Crippen LogP contribution in [0.5, 0.6) is 0 Å². The minimum atomic E-state index is -1.71. The number of hydrogen-bond acceptors (Lipinski definition) is 5. The van der Waals surface area contributed by atoms with Gasteiger partial charge in [0, 0.05) is 29.4 Å². The summed E-state index contributed by atoms with van der Waals surface area (Å²) in [5.74, 6) is -2.16. The topological polar surface area (TPSA) is 76.7 Å². The fraction of sp³-hybridized carbons (Fsp3) is 0.250. The van der Waals surface area contributed by atoms with E-state index in [-0.39, 0.29) is 12.1 Å². The Bertz CT molecular complexity index is 813. The number of aliphatic hydroxyl groups is 1. The summed E-state index contributed by atoms with van der Waals surface area (Å²) in [6, 6.07) is 4.73. The third-order valence-electron chi connectivity index (χ3n) is 4.03. The quantitative estimate of drug-likeness (QED) is 0.774. The van der Waals surface area contributed by atoms with Crippen molar-refractivity contribution in [3.63, 3.8) is 0 Å². The molecule has 0 unspecified atom stereocenters. The van der Waals surface area contributed by atoms with Gasteiger partial charge < -0.3 is 5.11 Å².